The SMILES string of the molecule is CC(C)(I)N1N=NC2c3ccccc3C#Cc3ccccc3C21. The van der Waals surface area contributed by atoms with E-state index in [9.17, 15) is 0 Å². The third-order valence-electron chi connectivity index (χ3n) is 4.27. The van der Waals surface area contributed by atoms with Gasteiger partial charge in [0.25, 0.3) is 0 Å². The van der Waals surface area contributed by atoms with Crippen molar-refractivity contribution < 1.29 is 0 Å². The van der Waals surface area contributed by atoms with Crippen molar-refractivity contribution in [2.75, 3.05) is 0 Å². The molecule has 3 nitrogen and oxygen atoms in total. The molecule has 23 heavy (non-hydrogen) atoms. The van der Waals surface area contributed by atoms with Gasteiger partial charge in [-0.2, -0.15) is 5.11 Å². The Morgan fingerprint density at radius 2 is 1.52 bits per heavy atom. The topological polar surface area (TPSA) is 28.0 Å². The van der Waals surface area contributed by atoms with E-state index < -0.39 is 0 Å². The Balaban J connectivity index is 1.98. The smallest absolute Gasteiger partial charge is 0.125 e. The van der Waals surface area contributed by atoms with Gasteiger partial charge in [-0.1, -0.05) is 76.1 Å². The summed E-state index contributed by atoms with van der Waals surface area (Å²) in [5.74, 6) is 6.66. The van der Waals surface area contributed by atoms with Crippen molar-refractivity contribution >= 4 is 22.6 Å². The standard InChI is InChI=1S/C19H16IN3/c1-19(2,20)23-18-16-10-6-4-8-14(16)12-11-13-7-3-5-9-15(13)17(18)21-22-23/h3-10,17-18H,1-2H3. The number of fused-ring (bicyclic) bond motifs is 5. The van der Waals surface area contributed by atoms with E-state index in [0.29, 0.717) is 0 Å². The maximum atomic E-state index is 4.63. The van der Waals surface area contributed by atoms with Crippen LogP contribution in [0.2, 0.25) is 0 Å². The number of halogens is 1. The molecule has 1 aliphatic heterocycles. The van der Waals surface area contributed by atoms with Gasteiger partial charge in [0.15, 0.2) is 0 Å². The fourth-order valence-corrected chi connectivity index (χ4v) is 3.60. The lowest BCUT2D eigenvalue weighted by Gasteiger charge is -2.35. The van der Waals surface area contributed by atoms with Crippen LogP contribution in [-0.2, 0) is 0 Å². The summed E-state index contributed by atoms with van der Waals surface area (Å²) in [5, 5.41) is 11.3. The predicted octanol–water partition coefficient (Wildman–Crippen LogP) is 5.04. The monoisotopic (exact) mass is 413 g/mol. The van der Waals surface area contributed by atoms with Gasteiger partial charge < -0.3 is 0 Å². The summed E-state index contributed by atoms with van der Waals surface area (Å²) in [6, 6.07) is 16.7. The third kappa shape index (κ3) is 2.43. The number of nitrogens with zero attached hydrogens (tertiary/aromatic N) is 3. The van der Waals surface area contributed by atoms with Crippen molar-refractivity contribution in [1.82, 2.24) is 5.01 Å². The molecule has 2 atom stereocenters. The summed E-state index contributed by atoms with van der Waals surface area (Å²) < 4.78 is -0.130. The molecule has 2 aromatic carbocycles. The maximum absolute atomic E-state index is 4.63. The van der Waals surface area contributed by atoms with Crippen molar-refractivity contribution in [1.29, 1.82) is 0 Å². The zero-order valence-electron chi connectivity index (χ0n) is 13.0. The second-order valence-electron chi connectivity index (χ2n) is 6.27. The summed E-state index contributed by atoms with van der Waals surface area (Å²) >= 11 is 2.42. The van der Waals surface area contributed by atoms with Crippen LogP contribution >= 0.6 is 22.6 Å². The molecule has 0 spiro atoms. The van der Waals surface area contributed by atoms with E-state index in [4.69, 9.17) is 0 Å². The Hall–Kier alpha value is -1.87. The van der Waals surface area contributed by atoms with Gasteiger partial charge >= 0.3 is 0 Å². The fourth-order valence-electron chi connectivity index (χ4n) is 3.21. The highest BCUT2D eigenvalue weighted by Gasteiger charge is 2.43. The molecule has 114 valence electrons. The van der Waals surface area contributed by atoms with Gasteiger partial charge in [0.1, 0.15) is 15.6 Å². The van der Waals surface area contributed by atoms with Gasteiger partial charge in [-0.15, -0.1) is 0 Å². The molecule has 0 saturated heterocycles. The minimum Gasteiger partial charge on any atom is -0.253 e. The average Bonchev–Trinajstić information content (AvgIpc) is 2.96. The molecule has 0 aromatic heterocycles. The van der Waals surface area contributed by atoms with Gasteiger partial charge in [0.05, 0.1) is 0 Å². The van der Waals surface area contributed by atoms with Crippen molar-refractivity contribution in [2.45, 2.75) is 29.5 Å². The Morgan fingerprint density at radius 3 is 2.17 bits per heavy atom. The van der Waals surface area contributed by atoms with Crippen LogP contribution < -0.4 is 0 Å². The molecule has 1 heterocycles. The van der Waals surface area contributed by atoms with Crippen molar-refractivity contribution in [3.05, 3.63) is 70.8 Å². The minimum absolute atomic E-state index is 0.0176. The van der Waals surface area contributed by atoms with Crippen LogP contribution in [0, 0.1) is 11.8 Å². The molecule has 0 radical (unpaired) electrons. The molecule has 0 N–H and O–H groups in total. The Kier molecular flexibility index (Phi) is 3.42. The van der Waals surface area contributed by atoms with Crippen LogP contribution in [0.1, 0.15) is 48.2 Å². The van der Waals surface area contributed by atoms with Crippen LogP contribution in [-0.4, -0.2) is 8.55 Å². The molecule has 0 bridgehead atoms. The Labute approximate surface area is 149 Å². The number of hydrogen-bond acceptors (Lipinski definition) is 3. The molecule has 0 fully saturated rings. The van der Waals surface area contributed by atoms with Gasteiger partial charge in [0.2, 0.25) is 0 Å². The van der Waals surface area contributed by atoms with Crippen LogP contribution in [0.25, 0.3) is 0 Å². The average molecular weight is 413 g/mol. The van der Waals surface area contributed by atoms with E-state index in [1.807, 2.05) is 12.1 Å². The first kappa shape index (κ1) is 14.7. The van der Waals surface area contributed by atoms with E-state index in [1.165, 1.54) is 5.56 Å². The lowest BCUT2D eigenvalue weighted by atomic mass is 9.86. The molecular formula is C19H16IN3. The number of benzene rings is 2. The molecule has 2 aromatic rings. The van der Waals surface area contributed by atoms with E-state index in [-0.39, 0.29) is 15.6 Å². The number of alkyl halides is 1. The molecule has 0 amide bonds. The predicted molar refractivity (Wildman–Crippen MR) is 99.1 cm³/mol. The Morgan fingerprint density at radius 1 is 0.957 bits per heavy atom. The first-order valence-corrected chi connectivity index (χ1v) is 8.72. The van der Waals surface area contributed by atoms with E-state index in [0.717, 1.165) is 16.7 Å². The molecule has 4 rings (SSSR count). The van der Waals surface area contributed by atoms with Crippen LogP contribution in [0.3, 0.4) is 0 Å². The van der Waals surface area contributed by atoms with Crippen molar-refractivity contribution in [2.24, 2.45) is 10.3 Å². The van der Waals surface area contributed by atoms with E-state index in [1.54, 1.807) is 0 Å². The van der Waals surface area contributed by atoms with Gasteiger partial charge in [-0.3, -0.25) is 5.01 Å². The van der Waals surface area contributed by atoms with Crippen molar-refractivity contribution in [3.63, 3.8) is 0 Å². The lowest BCUT2D eigenvalue weighted by Crippen LogP contribution is -2.37. The van der Waals surface area contributed by atoms with Crippen LogP contribution in [0.5, 0.6) is 0 Å². The molecule has 2 aliphatic rings. The zero-order valence-corrected chi connectivity index (χ0v) is 15.2. The third-order valence-corrected chi connectivity index (χ3v) is 4.76. The fraction of sp³-hybridized carbons (Fsp3) is 0.263. The maximum Gasteiger partial charge on any atom is 0.125 e. The summed E-state index contributed by atoms with van der Waals surface area (Å²) in [7, 11) is 0. The highest BCUT2D eigenvalue weighted by atomic mass is 127. The molecule has 2 unspecified atom stereocenters. The number of hydrogen-bond donors (Lipinski definition) is 0. The second kappa shape index (κ2) is 5.34. The van der Waals surface area contributed by atoms with Crippen molar-refractivity contribution in [3.8, 4) is 11.8 Å². The highest BCUT2D eigenvalue weighted by Crippen LogP contribution is 2.48. The summed E-state index contributed by atoms with van der Waals surface area (Å²) in [4.78, 5) is 0. The second-order valence-corrected chi connectivity index (χ2v) is 8.91. The largest absolute Gasteiger partial charge is 0.253 e. The van der Waals surface area contributed by atoms with E-state index >= 15 is 0 Å². The lowest BCUT2D eigenvalue weighted by molar-refractivity contribution is 0.162. The molecule has 1 aliphatic carbocycles. The molecule has 0 saturated carbocycles. The van der Waals surface area contributed by atoms with Crippen LogP contribution in [0.15, 0.2) is 58.9 Å². The molecule has 4 heteroatoms. The highest BCUT2D eigenvalue weighted by molar-refractivity contribution is 14.1. The van der Waals surface area contributed by atoms with Gasteiger partial charge in [0, 0.05) is 11.1 Å². The first-order valence-electron chi connectivity index (χ1n) is 7.64. The zero-order chi connectivity index (χ0) is 16.0. The minimum atomic E-state index is -0.130. The summed E-state index contributed by atoms with van der Waals surface area (Å²) in [6.07, 6.45) is 0. The first-order chi connectivity index (χ1) is 11.1. The van der Waals surface area contributed by atoms with Crippen LogP contribution in [0.4, 0.5) is 0 Å². The molecular weight excluding hydrogens is 397 g/mol. The Bertz CT molecular complexity index is 855. The number of rotatable bonds is 1. The van der Waals surface area contributed by atoms with E-state index in [2.05, 4.69) is 100 Å². The van der Waals surface area contributed by atoms with Gasteiger partial charge in [-0.25, -0.2) is 0 Å². The summed E-state index contributed by atoms with van der Waals surface area (Å²) in [5.41, 5.74) is 4.47. The summed E-state index contributed by atoms with van der Waals surface area (Å²) in [6.45, 7) is 4.32. The normalized spacial score (nSPS) is 21.4. The quantitative estimate of drug-likeness (QED) is 0.279. The van der Waals surface area contributed by atoms with Gasteiger partial charge in [-0.05, 0) is 37.1 Å².